The zero-order valence-corrected chi connectivity index (χ0v) is 24.8. The molecule has 5 rings (SSSR count). The highest BCUT2D eigenvalue weighted by atomic mass is 32.1. The largest absolute Gasteiger partial charge is 0.486 e. The molecule has 2 aromatic carbocycles. The number of benzene rings is 2. The van der Waals surface area contributed by atoms with Crippen molar-refractivity contribution >= 4 is 28.8 Å². The first kappa shape index (κ1) is 29.4. The molecule has 0 saturated carbocycles. The van der Waals surface area contributed by atoms with E-state index in [0.29, 0.717) is 42.2 Å². The van der Waals surface area contributed by atoms with Crippen molar-refractivity contribution in [1.29, 1.82) is 0 Å². The Balaban J connectivity index is 1.43. The van der Waals surface area contributed by atoms with E-state index in [4.69, 9.17) is 4.74 Å². The van der Waals surface area contributed by atoms with E-state index in [1.54, 1.807) is 53.8 Å². The average Bonchev–Trinajstić information content (AvgIpc) is 3.55. The van der Waals surface area contributed by atoms with Crippen molar-refractivity contribution in [2.45, 2.75) is 32.5 Å². The van der Waals surface area contributed by atoms with E-state index in [1.165, 1.54) is 11.3 Å². The van der Waals surface area contributed by atoms with Crippen molar-refractivity contribution in [1.82, 2.24) is 19.8 Å². The highest BCUT2D eigenvalue weighted by Gasteiger charge is 2.34. The number of aliphatic hydroxyl groups excluding tert-OH is 1. The number of carbonyl (C=O) groups excluding carboxylic acids is 2. The Kier molecular flexibility index (Phi) is 9.26. The first-order chi connectivity index (χ1) is 20.3. The number of amides is 2. The number of carbonyl (C=O) groups is 2. The molecule has 0 bridgehead atoms. The highest BCUT2D eigenvalue weighted by Crippen LogP contribution is 2.35. The molecule has 42 heavy (non-hydrogen) atoms. The van der Waals surface area contributed by atoms with Crippen molar-refractivity contribution in [3.63, 3.8) is 0 Å². The molecule has 2 amide bonds. The Labute approximate surface area is 249 Å². The van der Waals surface area contributed by atoms with Crippen LogP contribution in [0.3, 0.4) is 0 Å². The summed E-state index contributed by atoms with van der Waals surface area (Å²) in [7, 11) is 2.03. The Morgan fingerprint density at radius 3 is 2.62 bits per heavy atom. The number of anilines is 1. The predicted octanol–water partition coefficient (Wildman–Crippen LogP) is 4.81. The van der Waals surface area contributed by atoms with Gasteiger partial charge in [-0.3, -0.25) is 19.5 Å². The summed E-state index contributed by atoms with van der Waals surface area (Å²) in [5, 5.41) is 15.7. The van der Waals surface area contributed by atoms with Crippen LogP contribution in [-0.4, -0.2) is 75.6 Å². The van der Waals surface area contributed by atoms with E-state index < -0.39 is 0 Å². The number of nitrogens with one attached hydrogen (secondary N) is 1. The first-order valence-corrected chi connectivity index (χ1v) is 14.8. The second kappa shape index (κ2) is 13.2. The molecule has 0 spiro atoms. The molecule has 3 atom stereocenters. The SMILES string of the molecule is C[C@H](CO)N1C[C@H](C)[C@@H](CN(C)Cc2ccncc2)Oc2c(NC(=O)c3ccc(-c4nccs4)cc3)cccc2C1=O. The number of hydrogen-bond donors (Lipinski definition) is 2. The third kappa shape index (κ3) is 6.67. The van der Waals surface area contributed by atoms with Gasteiger partial charge in [0.1, 0.15) is 11.1 Å². The lowest BCUT2D eigenvalue weighted by molar-refractivity contribution is 0.0343. The maximum absolute atomic E-state index is 13.8. The van der Waals surface area contributed by atoms with Gasteiger partial charge in [-0.25, -0.2) is 4.98 Å². The summed E-state index contributed by atoms with van der Waals surface area (Å²) in [5.74, 6) is -0.282. The number of para-hydroxylation sites is 1. The molecule has 0 saturated heterocycles. The number of aromatic nitrogens is 2. The summed E-state index contributed by atoms with van der Waals surface area (Å²) >= 11 is 1.53. The van der Waals surface area contributed by atoms with Gasteiger partial charge in [0.25, 0.3) is 11.8 Å². The average molecular weight is 586 g/mol. The third-order valence-electron chi connectivity index (χ3n) is 7.46. The second-order valence-corrected chi connectivity index (χ2v) is 11.6. The topological polar surface area (TPSA) is 108 Å². The molecular formula is C32H35N5O4S. The van der Waals surface area contributed by atoms with Gasteiger partial charge in [-0.05, 0) is 55.9 Å². The Morgan fingerprint density at radius 1 is 1.17 bits per heavy atom. The molecule has 3 heterocycles. The zero-order chi connectivity index (χ0) is 29.6. The van der Waals surface area contributed by atoms with Crippen molar-refractivity contribution in [3.8, 4) is 16.3 Å². The second-order valence-electron chi connectivity index (χ2n) is 10.7. The minimum atomic E-state index is -0.379. The smallest absolute Gasteiger partial charge is 0.258 e. The molecular weight excluding hydrogens is 550 g/mol. The van der Waals surface area contributed by atoms with Gasteiger partial charge in [0.05, 0.1) is 23.9 Å². The Morgan fingerprint density at radius 2 is 1.93 bits per heavy atom. The van der Waals surface area contributed by atoms with E-state index >= 15 is 0 Å². The predicted molar refractivity (Wildman–Crippen MR) is 164 cm³/mol. The lowest BCUT2D eigenvalue weighted by Crippen LogP contribution is -2.49. The monoisotopic (exact) mass is 585 g/mol. The molecule has 1 aliphatic rings. The summed E-state index contributed by atoms with van der Waals surface area (Å²) in [6.07, 6.45) is 5.00. The molecule has 10 heteroatoms. The van der Waals surface area contributed by atoms with Crippen molar-refractivity contribution < 1.29 is 19.4 Å². The van der Waals surface area contributed by atoms with Gasteiger partial charge < -0.3 is 20.1 Å². The van der Waals surface area contributed by atoms with Crippen molar-refractivity contribution in [2.75, 3.05) is 32.1 Å². The van der Waals surface area contributed by atoms with Crippen LogP contribution in [0.1, 0.15) is 40.1 Å². The van der Waals surface area contributed by atoms with Gasteiger partial charge in [-0.1, -0.05) is 25.1 Å². The minimum absolute atomic E-state index is 0.0573. The molecule has 4 aromatic rings. The standard InChI is InChI=1S/C32H35N5O4S/c1-21-17-37(22(2)20-38)32(40)26-5-4-6-27(29(26)41-28(21)19-36(3)18-23-11-13-33-14-12-23)35-30(39)24-7-9-25(10-8-24)31-34-15-16-42-31/h4-16,21-22,28,38H,17-20H2,1-3H3,(H,35,39)/t21-,22+,28+/m0/s1. The van der Waals surface area contributed by atoms with Crippen LogP contribution >= 0.6 is 11.3 Å². The Bertz CT molecular complexity index is 1500. The first-order valence-electron chi connectivity index (χ1n) is 13.9. The third-order valence-corrected chi connectivity index (χ3v) is 8.28. The summed E-state index contributed by atoms with van der Waals surface area (Å²) in [4.78, 5) is 39.4. The van der Waals surface area contributed by atoms with Crippen LogP contribution in [0.5, 0.6) is 5.75 Å². The van der Waals surface area contributed by atoms with Gasteiger partial charge in [-0.15, -0.1) is 11.3 Å². The van der Waals surface area contributed by atoms with Gasteiger partial charge in [0.2, 0.25) is 0 Å². The maximum atomic E-state index is 13.8. The summed E-state index contributed by atoms with van der Waals surface area (Å²) < 4.78 is 6.64. The van der Waals surface area contributed by atoms with E-state index in [2.05, 4.69) is 20.2 Å². The number of fused-ring (bicyclic) bond motifs is 1. The quantitative estimate of drug-likeness (QED) is 0.290. The molecule has 2 N–H and O–H groups in total. The van der Waals surface area contributed by atoms with Crippen LogP contribution in [0.15, 0.2) is 78.6 Å². The summed E-state index contributed by atoms with van der Waals surface area (Å²) in [6, 6.07) is 16.0. The molecule has 218 valence electrons. The number of pyridine rings is 1. The lowest BCUT2D eigenvalue weighted by atomic mass is 9.98. The van der Waals surface area contributed by atoms with E-state index in [-0.39, 0.29) is 36.5 Å². The number of thiazole rings is 1. The van der Waals surface area contributed by atoms with Crippen LogP contribution in [0.25, 0.3) is 10.6 Å². The van der Waals surface area contributed by atoms with Crippen LogP contribution < -0.4 is 10.1 Å². The summed E-state index contributed by atoms with van der Waals surface area (Å²) in [6.45, 7) is 5.43. The van der Waals surface area contributed by atoms with E-state index in [0.717, 1.165) is 16.1 Å². The fourth-order valence-electron chi connectivity index (χ4n) is 5.06. The molecule has 0 fully saturated rings. The number of aliphatic hydroxyl groups is 1. The fraction of sp³-hybridized carbons (Fsp3) is 0.312. The molecule has 0 aliphatic carbocycles. The van der Waals surface area contributed by atoms with Gasteiger partial charge >= 0.3 is 0 Å². The van der Waals surface area contributed by atoms with Gasteiger partial charge in [-0.2, -0.15) is 0 Å². The number of ether oxygens (including phenoxy) is 1. The van der Waals surface area contributed by atoms with Gasteiger partial charge in [0, 0.05) is 60.6 Å². The zero-order valence-electron chi connectivity index (χ0n) is 23.9. The minimum Gasteiger partial charge on any atom is -0.486 e. The van der Waals surface area contributed by atoms with Crippen molar-refractivity contribution in [2.24, 2.45) is 5.92 Å². The lowest BCUT2D eigenvalue weighted by Gasteiger charge is -2.38. The number of rotatable bonds is 9. The number of likely N-dealkylation sites (N-methyl/N-ethyl adjacent to an activating group) is 1. The fourth-order valence-corrected chi connectivity index (χ4v) is 5.70. The Hall–Kier alpha value is -4.12. The molecule has 9 nitrogen and oxygen atoms in total. The van der Waals surface area contributed by atoms with Crippen molar-refractivity contribution in [3.05, 3.63) is 95.3 Å². The normalized spacial score (nSPS) is 17.6. The molecule has 0 radical (unpaired) electrons. The van der Waals surface area contributed by atoms with E-state index in [9.17, 15) is 14.7 Å². The highest BCUT2D eigenvalue weighted by molar-refractivity contribution is 7.13. The number of nitrogens with zero attached hydrogens (tertiary/aromatic N) is 4. The van der Waals surface area contributed by atoms with E-state index in [1.807, 2.05) is 50.5 Å². The molecule has 0 unspecified atom stereocenters. The van der Waals surface area contributed by atoms with Crippen LogP contribution in [0, 0.1) is 5.92 Å². The number of hydrogen-bond acceptors (Lipinski definition) is 8. The maximum Gasteiger partial charge on any atom is 0.258 e. The molecule has 2 aromatic heterocycles. The van der Waals surface area contributed by atoms with Crippen LogP contribution in [0.4, 0.5) is 5.69 Å². The van der Waals surface area contributed by atoms with Crippen LogP contribution in [-0.2, 0) is 6.54 Å². The summed E-state index contributed by atoms with van der Waals surface area (Å²) in [5.41, 5.74) is 3.31. The molecule has 1 aliphatic heterocycles. The van der Waals surface area contributed by atoms with Crippen LogP contribution in [0.2, 0.25) is 0 Å². The van der Waals surface area contributed by atoms with Gasteiger partial charge in [0.15, 0.2) is 5.75 Å².